The first-order valence-corrected chi connectivity index (χ1v) is 7.43. The summed E-state index contributed by atoms with van der Waals surface area (Å²) in [5.41, 5.74) is 0. The third-order valence-corrected chi connectivity index (χ3v) is 4.23. The molecular weight excluding hydrogens is 212 g/mol. The average Bonchev–Trinajstić information content (AvgIpc) is 2.96. The average molecular weight is 240 g/mol. The summed E-state index contributed by atoms with van der Waals surface area (Å²) in [6.07, 6.45) is 7.52. The predicted octanol–water partition coefficient (Wildman–Crippen LogP) is 2.02. The Kier molecular flexibility index (Phi) is 5.26. The lowest BCUT2D eigenvalue weighted by atomic mass is 10.1. The van der Waals surface area contributed by atoms with Crippen molar-refractivity contribution >= 4 is 0 Å². The van der Waals surface area contributed by atoms with E-state index in [0.29, 0.717) is 12.2 Å². The van der Waals surface area contributed by atoms with Gasteiger partial charge in [-0.15, -0.1) is 0 Å². The molecule has 2 aliphatic heterocycles. The van der Waals surface area contributed by atoms with E-state index in [2.05, 4.69) is 24.1 Å². The van der Waals surface area contributed by atoms with Crippen LogP contribution in [0.25, 0.3) is 0 Å². The summed E-state index contributed by atoms with van der Waals surface area (Å²) in [6, 6.07) is 0.825. The van der Waals surface area contributed by atoms with Crippen LogP contribution >= 0.6 is 0 Å². The van der Waals surface area contributed by atoms with Crippen LogP contribution in [0.4, 0.5) is 0 Å². The molecule has 2 heterocycles. The van der Waals surface area contributed by atoms with Crippen molar-refractivity contribution in [1.29, 1.82) is 0 Å². The van der Waals surface area contributed by atoms with Gasteiger partial charge in [0.05, 0.1) is 12.2 Å². The number of likely N-dealkylation sites (N-methyl/N-ethyl adjacent to an activating group) is 1. The molecule has 0 radical (unpaired) electrons. The van der Waals surface area contributed by atoms with Crippen molar-refractivity contribution in [3.05, 3.63) is 0 Å². The first-order chi connectivity index (χ1) is 8.33. The number of hydrogen-bond acceptors (Lipinski definition) is 3. The van der Waals surface area contributed by atoms with Crippen LogP contribution < -0.4 is 5.32 Å². The van der Waals surface area contributed by atoms with Gasteiger partial charge < -0.3 is 10.1 Å². The third kappa shape index (κ3) is 3.67. The molecule has 3 heteroatoms. The first kappa shape index (κ1) is 13.3. The number of rotatable bonds is 6. The zero-order valence-corrected chi connectivity index (χ0v) is 11.5. The highest BCUT2D eigenvalue weighted by atomic mass is 16.5. The highest BCUT2D eigenvalue weighted by molar-refractivity contribution is 4.83. The molecule has 0 aromatic rings. The van der Waals surface area contributed by atoms with E-state index in [1.807, 2.05) is 0 Å². The standard InChI is InChI=1S/C14H28N2O/c1-3-12-6-5-9-16(12)11-14-8-7-13(17-14)10-15-4-2/h12-15H,3-11H2,1-2H3. The molecule has 2 rings (SSSR count). The summed E-state index contributed by atoms with van der Waals surface area (Å²) in [7, 11) is 0. The molecule has 100 valence electrons. The molecule has 2 saturated heterocycles. The van der Waals surface area contributed by atoms with Gasteiger partial charge in [-0.1, -0.05) is 13.8 Å². The van der Waals surface area contributed by atoms with Gasteiger partial charge in [0.1, 0.15) is 0 Å². The molecule has 0 aromatic carbocycles. The largest absolute Gasteiger partial charge is 0.372 e. The quantitative estimate of drug-likeness (QED) is 0.769. The molecular formula is C14H28N2O. The second-order valence-corrected chi connectivity index (χ2v) is 5.46. The van der Waals surface area contributed by atoms with E-state index in [-0.39, 0.29) is 0 Å². The maximum atomic E-state index is 6.11. The van der Waals surface area contributed by atoms with E-state index in [1.165, 1.54) is 45.2 Å². The van der Waals surface area contributed by atoms with Gasteiger partial charge in [0.15, 0.2) is 0 Å². The Bertz CT molecular complexity index is 222. The van der Waals surface area contributed by atoms with E-state index in [4.69, 9.17) is 4.74 Å². The Morgan fingerprint density at radius 2 is 2.00 bits per heavy atom. The minimum absolute atomic E-state index is 0.461. The second kappa shape index (κ2) is 6.72. The summed E-state index contributed by atoms with van der Waals surface area (Å²) < 4.78 is 6.11. The number of likely N-dealkylation sites (tertiary alicyclic amines) is 1. The lowest BCUT2D eigenvalue weighted by Gasteiger charge is -2.26. The second-order valence-electron chi connectivity index (χ2n) is 5.46. The van der Waals surface area contributed by atoms with Gasteiger partial charge in [-0.25, -0.2) is 0 Å². The Morgan fingerprint density at radius 1 is 1.18 bits per heavy atom. The van der Waals surface area contributed by atoms with Gasteiger partial charge >= 0.3 is 0 Å². The Labute approximate surface area is 106 Å². The van der Waals surface area contributed by atoms with Gasteiger partial charge in [0, 0.05) is 19.1 Å². The number of ether oxygens (including phenoxy) is 1. The molecule has 17 heavy (non-hydrogen) atoms. The van der Waals surface area contributed by atoms with Crippen LogP contribution in [0.5, 0.6) is 0 Å². The van der Waals surface area contributed by atoms with Crippen molar-refractivity contribution in [3.63, 3.8) is 0 Å². The smallest absolute Gasteiger partial charge is 0.0707 e. The fraction of sp³-hybridized carbons (Fsp3) is 1.00. The van der Waals surface area contributed by atoms with Gasteiger partial charge in [0.2, 0.25) is 0 Å². The van der Waals surface area contributed by atoms with Gasteiger partial charge in [-0.05, 0) is 45.2 Å². The summed E-state index contributed by atoms with van der Waals surface area (Å²) in [5.74, 6) is 0. The molecule has 3 atom stereocenters. The van der Waals surface area contributed by atoms with Gasteiger partial charge in [0.25, 0.3) is 0 Å². The highest BCUT2D eigenvalue weighted by Crippen LogP contribution is 2.25. The van der Waals surface area contributed by atoms with Crippen molar-refractivity contribution in [1.82, 2.24) is 10.2 Å². The van der Waals surface area contributed by atoms with Crippen LogP contribution in [0.15, 0.2) is 0 Å². The Balaban J connectivity index is 1.70. The monoisotopic (exact) mass is 240 g/mol. The van der Waals surface area contributed by atoms with E-state index >= 15 is 0 Å². The molecule has 0 spiro atoms. The number of hydrogen-bond donors (Lipinski definition) is 1. The highest BCUT2D eigenvalue weighted by Gasteiger charge is 2.30. The normalized spacial score (nSPS) is 34.6. The predicted molar refractivity (Wildman–Crippen MR) is 71.3 cm³/mol. The maximum Gasteiger partial charge on any atom is 0.0707 e. The van der Waals surface area contributed by atoms with E-state index in [9.17, 15) is 0 Å². The van der Waals surface area contributed by atoms with Crippen LogP contribution in [0.2, 0.25) is 0 Å². The van der Waals surface area contributed by atoms with Crippen molar-refractivity contribution in [3.8, 4) is 0 Å². The molecule has 3 unspecified atom stereocenters. The summed E-state index contributed by atoms with van der Waals surface area (Å²) in [6.45, 7) is 9.01. The van der Waals surface area contributed by atoms with Crippen LogP contribution in [-0.4, -0.2) is 49.3 Å². The topological polar surface area (TPSA) is 24.5 Å². The zero-order chi connectivity index (χ0) is 12.1. The molecule has 0 amide bonds. The summed E-state index contributed by atoms with van der Waals surface area (Å²) in [4.78, 5) is 2.65. The minimum Gasteiger partial charge on any atom is -0.372 e. The van der Waals surface area contributed by atoms with Gasteiger partial charge in [-0.3, -0.25) is 4.90 Å². The van der Waals surface area contributed by atoms with E-state index in [1.54, 1.807) is 0 Å². The number of nitrogens with zero attached hydrogens (tertiary/aromatic N) is 1. The van der Waals surface area contributed by atoms with Crippen molar-refractivity contribution < 1.29 is 4.74 Å². The van der Waals surface area contributed by atoms with E-state index in [0.717, 1.165) is 19.1 Å². The van der Waals surface area contributed by atoms with Crippen molar-refractivity contribution in [2.75, 3.05) is 26.2 Å². The third-order valence-electron chi connectivity index (χ3n) is 4.23. The van der Waals surface area contributed by atoms with Gasteiger partial charge in [-0.2, -0.15) is 0 Å². The Morgan fingerprint density at radius 3 is 2.76 bits per heavy atom. The molecule has 0 aromatic heterocycles. The van der Waals surface area contributed by atoms with Crippen molar-refractivity contribution in [2.45, 2.75) is 64.2 Å². The number of nitrogens with one attached hydrogen (secondary N) is 1. The van der Waals surface area contributed by atoms with E-state index < -0.39 is 0 Å². The summed E-state index contributed by atoms with van der Waals surface area (Å²) in [5, 5.41) is 3.39. The fourth-order valence-corrected chi connectivity index (χ4v) is 3.23. The minimum atomic E-state index is 0.461. The summed E-state index contributed by atoms with van der Waals surface area (Å²) >= 11 is 0. The SMILES string of the molecule is CCNCC1CCC(CN2CCCC2CC)O1. The van der Waals surface area contributed by atoms with Crippen LogP contribution in [0, 0.1) is 0 Å². The molecule has 0 saturated carbocycles. The molecule has 2 fully saturated rings. The molecule has 0 aliphatic carbocycles. The lowest BCUT2D eigenvalue weighted by molar-refractivity contribution is 0.0209. The zero-order valence-electron chi connectivity index (χ0n) is 11.5. The van der Waals surface area contributed by atoms with Crippen LogP contribution in [0.1, 0.15) is 46.0 Å². The molecule has 0 bridgehead atoms. The maximum absolute atomic E-state index is 6.11. The lowest BCUT2D eigenvalue weighted by Crippen LogP contribution is -2.36. The van der Waals surface area contributed by atoms with Crippen molar-refractivity contribution in [2.24, 2.45) is 0 Å². The van der Waals surface area contributed by atoms with Crippen LogP contribution in [0.3, 0.4) is 0 Å². The molecule has 2 aliphatic rings. The van der Waals surface area contributed by atoms with Crippen LogP contribution in [-0.2, 0) is 4.74 Å². The molecule has 3 nitrogen and oxygen atoms in total. The first-order valence-electron chi connectivity index (χ1n) is 7.43. The molecule has 1 N–H and O–H groups in total. The Hall–Kier alpha value is -0.120. The fourth-order valence-electron chi connectivity index (χ4n) is 3.23.